The van der Waals surface area contributed by atoms with E-state index < -0.39 is 47.6 Å². The number of oxazole rings is 2. The van der Waals surface area contributed by atoms with Crippen molar-refractivity contribution < 1.29 is 33.1 Å². The number of anilines is 2. The molecule has 0 saturated heterocycles. The summed E-state index contributed by atoms with van der Waals surface area (Å²) in [6, 6.07) is 20.7. The average Bonchev–Trinajstić information content (AvgIpc) is 3.91. The van der Waals surface area contributed by atoms with E-state index in [9.17, 15) is 19.5 Å². The lowest BCUT2D eigenvalue weighted by molar-refractivity contribution is -0.135. The van der Waals surface area contributed by atoms with E-state index in [4.69, 9.17) is 18.6 Å². The Morgan fingerprint density at radius 1 is 0.962 bits per heavy atom. The van der Waals surface area contributed by atoms with Crippen LogP contribution in [0.1, 0.15) is 72.6 Å². The maximum absolute atomic E-state index is 14.1. The zero-order chi connectivity index (χ0) is 36.3. The molecule has 8 rings (SSSR count). The molecule has 13 nitrogen and oxygen atoms in total. The van der Waals surface area contributed by atoms with Crippen molar-refractivity contribution in [1.29, 1.82) is 0 Å². The Kier molecular flexibility index (Phi) is 8.09. The summed E-state index contributed by atoms with van der Waals surface area (Å²) in [6.07, 6.45) is -0.564. The molecule has 2 aromatic heterocycles. The van der Waals surface area contributed by atoms with Crippen LogP contribution in [-0.4, -0.2) is 51.2 Å². The Hall–Kier alpha value is -5.95. The van der Waals surface area contributed by atoms with Gasteiger partial charge in [-0.2, -0.15) is 0 Å². The molecule has 0 saturated carbocycles. The predicted octanol–water partition coefficient (Wildman–Crippen LogP) is 4.93. The fraction of sp³-hybridized carbons (Fsp3) is 0.308. The zero-order valence-corrected chi connectivity index (χ0v) is 29.0. The van der Waals surface area contributed by atoms with E-state index in [1.165, 1.54) is 6.26 Å². The summed E-state index contributed by atoms with van der Waals surface area (Å²) in [6.45, 7) is 7.30. The van der Waals surface area contributed by atoms with Gasteiger partial charge >= 0.3 is 0 Å². The summed E-state index contributed by atoms with van der Waals surface area (Å²) in [5.41, 5.74) is 2.94. The number of carbonyl (C=O) groups excluding carboxylic acids is 3. The highest BCUT2D eigenvalue weighted by Gasteiger charge is 2.61. The number of rotatable bonds is 7. The molecule has 5 aromatic rings. The van der Waals surface area contributed by atoms with E-state index in [-0.39, 0.29) is 41.4 Å². The number of carbonyl (C=O) groups is 3. The minimum Gasteiger partial charge on any atom is -0.469 e. The van der Waals surface area contributed by atoms with E-state index in [2.05, 4.69) is 26.3 Å². The van der Waals surface area contributed by atoms with Crippen molar-refractivity contribution in [2.75, 3.05) is 10.6 Å². The Morgan fingerprint density at radius 3 is 2.50 bits per heavy atom. The molecular weight excluding hydrogens is 664 g/mol. The number of fused-ring (bicyclic) bond motifs is 4. The summed E-state index contributed by atoms with van der Waals surface area (Å²) in [5.74, 6) is -0.993. The lowest BCUT2D eigenvalue weighted by atomic mass is 9.72. The van der Waals surface area contributed by atoms with Gasteiger partial charge in [-0.05, 0) is 47.2 Å². The molecule has 3 aliphatic heterocycles. The van der Waals surface area contributed by atoms with Crippen LogP contribution < -0.4 is 26.0 Å². The molecular formula is C39H38N6O7. The van der Waals surface area contributed by atoms with Crippen molar-refractivity contribution in [2.45, 2.75) is 63.9 Å². The van der Waals surface area contributed by atoms with Gasteiger partial charge in [-0.15, -0.1) is 0 Å². The van der Waals surface area contributed by atoms with Crippen LogP contribution in [0.4, 0.5) is 11.4 Å². The fourth-order valence-corrected chi connectivity index (χ4v) is 7.21. The molecule has 0 aliphatic carbocycles. The second-order valence-electron chi connectivity index (χ2n) is 14.1. The van der Waals surface area contributed by atoms with Crippen LogP contribution in [-0.2, 0) is 21.4 Å². The molecule has 3 aliphatic rings. The molecule has 0 fully saturated rings. The van der Waals surface area contributed by atoms with Crippen LogP contribution >= 0.6 is 0 Å². The Balaban J connectivity index is 1.31. The number of aliphatic hydroxyl groups is 1. The van der Waals surface area contributed by atoms with Crippen molar-refractivity contribution in [1.82, 2.24) is 20.6 Å². The number of aromatic nitrogens is 2. The summed E-state index contributed by atoms with van der Waals surface area (Å²) in [7, 11) is 0. The van der Waals surface area contributed by atoms with Gasteiger partial charge in [-0.3, -0.25) is 14.4 Å². The summed E-state index contributed by atoms with van der Waals surface area (Å²) in [4.78, 5) is 50.0. The van der Waals surface area contributed by atoms with Crippen molar-refractivity contribution in [3.8, 4) is 17.3 Å². The smallest absolute Gasteiger partial charge is 0.277 e. The number of nitrogens with zero attached hydrogens (tertiary/aromatic N) is 2. The SMILES string of the molecule is CC(C)[C@H](O)C(=O)N[C@H]1Cc2ccc3c(c2)C2(c4ccccc4NC2O3)c2oc(nc2-c2nc(C(=O)Nc3ccccc3)co2)[C@H](C(C)C)NC1=O. The van der Waals surface area contributed by atoms with Crippen LogP contribution in [0.5, 0.6) is 5.75 Å². The van der Waals surface area contributed by atoms with E-state index in [0.717, 1.165) is 22.4 Å². The molecule has 0 radical (unpaired) electrons. The largest absolute Gasteiger partial charge is 0.469 e. The lowest BCUT2D eigenvalue weighted by Crippen LogP contribution is -2.52. The molecule has 1 spiro atoms. The van der Waals surface area contributed by atoms with E-state index in [1.54, 1.807) is 26.0 Å². The molecule has 5 atom stereocenters. The fourth-order valence-electron chi connectivity index (χ4n) is 7.21. The van der Waals surface area contributed by atoms with Crippen LogP contribution in [0.15, 0.2) is 87.9 Å². The Bertz CT molecular complexity index is 2190. The second-order valence-corrected chi connectivity index (χ2v) is 14.1. The quantitative estimate of drug-likeness (QED) is 0.156. The van der Waals surface area contributed by atoms with Gasteiger partial charge in [-0.1, -0.05) is 76.2 Å². The predicted molar refractivity (Wildman–Crippen MR) is 189 cm³/mol. The second kappa shape index (κ2) is 12.7. The molecule has 2 unspecified atom stereocenters. The number of ether oxygens (including phenoxy) is 1. The highest BCUT2D eigenvalue weighted by molar-refractivity contribution is 6.03. The molecule has 4 bridgehead atoms. The molecule has 266 valence electrons. The third-order valence-electron chi connectivity index (χ3n) is 9.92. The minimum absolute atomic E-state index is 0.0347. The van der Waals surface area contributed by atoms with Crippen LogP contribution in [0.25, 0.3) is 11.6 Å². The topological polar surface area (TPSA) is 181 Å². The number of hydrogen-bond acceptors (Lipinski definition) is 10. The Labute approximate surface area is 299 Å². The monoisotopic (exact) mass is 702 g/mol. The van der Waals surface area contributed by atoms with Gasteiger partial charge in [0.15, 0.2) is 23.4 Å². The van der Waals surface area contributed by atoms with Gasteiger partial charge in [0.25, 0.3) is 5.91 Å². The molecule has 3 aromatic carbocycles. The van der Waals surface area contributed by atoms with Crippen molar-refractivity contribution in [3.63, 3.8) is 0 Å². The van der Waals surface area contributed by atoms with Gasteiger partial charge in [0, 0.05) is 23.4 Å². The highest BCUT2D eigenvalue weighted by Crippen LogP contribution is 2.59. The van der Waals surface area contributed by atoms with Crippen LogP contribution in [0.3, 0.4) is 0 Å². The molecule has 3 amide bonds. The Morgan fingerprint density at radius 2 is 1.73 bits per heavy atom. The number of benzene rings is 3. The zero-order valence-electron chi connectivity index (χ0n) is 29.0. The van der Waals surface area contributed by atoms with Gasteiger partial charge in [0.1, 0.15) is 35.6 Å². The number of para-hydroxylation sites is 2. The third kappa shape index (κ3) is 5.39. The molecule has 5 N–H and O–H groups in total. The summed E-state index contributed by atoms with van der Waals surface area (Å²) < 4.78 is 19.4. The first-order valence-electron chi connectivity index (χ1n) is 17.3. The van der Waals surface area contributed by atoms with Crippen molar-refractivity contribution in [2.24, 2.45) is 11.8 Å². The summed E-state index contributed by atoms with van der Waals surface area (Å²) >= 11 is 0. The number of nitrogens with one attached hydrogen (secondary N) is 4. The standard InChI is InChI=1S/C39H38N6O7/c1-19(2)29-37-45-30(36-42-27(18-50-36)34(48)40-22-10-6-5-7-11-22)32(52-37)39-23-12-8-9-13-25(23)43-38(39)51-28-15-14-21(16-24(28)39)17-26(33(47)44-29)41-35(49)31(46)20(3)4/h5-16,18-20,26,29,31,38,43,46H,17H2,1-4H3,(H,40,48)(H,41,49)(H,44,47)/t26-,29-,31-,38?,39?/m0/s1. The van der Waals surface area contributed by atoms with Crippen LogP contribution in [0, 0.1) is 11.8 Å². The maximum Gasteiger partial charge on any atom is 0.277 e. The average molecular weight is 703 g/mol. The van der Waals surface area contributed by atoms with Gasteiger partial charge < -0.3 is 39.9 Å². The van der Waals surface area contributed by atoms with Gasteiger partial charge in [0.2, 0.25) is 23.6 Å². The summed E-state index contributed by atoms with van der Waals surface area (Å²) in [5, 5.41) is 22.7. The number of amides is 3. The molecule has 52 heavy (non-hydrogen) atoms. The first kappa shape index (κ1) is 33.2. The van der Waals surface area contributed by atoms with Gasteiger partial charge in [-0.25, -0.2) is 9.97 Å². The van der Waals surface area contributed by atoms with Gasteiger partial charge in [0.05, 0.1) is 0 Å². The van der Waals surface area contributed by atoms with E-state index in [0.29, 0.717) is 17.2 Å². The maximum atomic E-state index is 14.1. The lowest BCUT2D eigenvalue weighted by Gasteiger charge is -2.29. The van der Waals surface area contributed by atoms with Crippen LogP contribution in [0.2, 0.25) is 0 Å². The number of aliphatic hydroxyl groups excluding tert-OH is 1. The van der Waals surface area contributed by atoms with Crippen molar-refractivity contribution in [3.05, 3.63) is 113 Å². The van der Waals surface area contributed by atoms with Crippen molar-refractivity contribution >= 4 is 29.1 Å². The minimum atomic E-state index is -1.30. The first-order valence-corrected chi connectivity index (χ1v) is 17.3. The normalized spacial score (nSPS) is 21.9. The third-order valence-corrected chi connectivity index (χ3v) is 9.92. The first-order chi connectivity index (χ1) is 25.0. The number of hydrogen-bond donors (Lipinski definition) is 5. The highest BCUT2D eigenvalue weighted by atomic mass is 16.5. The molecule has 5 heterocycles. The molecule has 13 heteroatoms. The van der Waals surface area contributed by atoms with E-state index in [1.807, 2.05) is 74.5 Å². The van der Waals surface area contributed by atoms with E-state index >= 15 is 0 Å².